The molecule has 27 heavy (non-hydrogen) atoms. The van der Waals surface area contributed by atoms with Crippen molar-refractivity contribution in [3.05, 3.63) is 64.6 Å². The van der Waals surface area contributed by atoms with E-state index in [1.54, 1.807) is 36.5 Å². The largest absolute Gasteiger partial charge is 0.494 e. The molecule has 5 nitrogen and oxygen atoms in total. The molecule has 3 aromatic rings. The number of nitriles is 1. The summed E-state index contributed by atoms with van der Waals surface area (Å²) >= 11 is 3.22. The van der Waals surface area contributed by atoms with E-state index in [0.717, 1.165) is 25.3 Å². The highest BCUT2D eigenvalue weighted by molar-refractivity contribution is 7.13. The lowest BCUT2D eigenvalue weighted by molar-refractivity contribution is 0.409. The zero-order valence-corrected chi connectivity index (χ0v) is 16.3. The van der Waals surface area contributed by atoms with Crippen LogP contribution in [0.5, 0.6) is 5.88 Å². The first kappa shape index (κ1) is 17.5. The molecule has 3 aromatic heterocycles. The van der Waals surface area contributed by atoms with E-state index in [9.17, 15) is 15.2 Å². The predicted molar refractivity (Wildman–Crippen MR) is 110 cm³/mol. The van der Waals surface area contributed by atoms with Crippen LogP contribution in [0.4, 0.5) is 5.69 Å². The summed E-state index contributed by atoms with van der Waals surface area (Å²) < 4.78 is 3.19. The quantitative estimate of drug-likeness (QED) is 0.743. The number of nitrogens with zero attached hydrogens (tertiary/aromatic N) is 3. The van der Waals surface area contributed by atoms with Crippen LogP contribution in [0.1, 0.15) is 28.5 Å². The van der Waals surface area contributed by atoms with Crippen LogP contribution in [0.3, 0.4) is 0 Å². The van der Waals surface area contributed by atoms with Gasteiger partial charge in [-0.2, -0.15) is 5.26 Å². The lowest BCUT2D eigenvalue weighted by Gasteiger charge is -2.12. The van der Waals surface area contributed by atoms with E-state index in [1.165, 1.54) is 4.57 Å². The molecule has 0 saturated heterocycles. The Morgan fingerprint density at radius 3 is 2.89 bits per heavy atom. The highest BCUT2D eigenvalue weighted by Gasteiger charge is 2.17. The average Bonchev–Trinajstić information content (AvgIpc) is 3.35. The Bertz CT molecular complexity index is 1300. The van der Waals surface area contributed by atoms with Crippen molar-refractivity contribution in [2.75, 3.05) is 0 Å². The van der Waals surface area contributed by atoms with Crippen LogP contribution >= 0.6 is 22.7 Å². The molecule has 0 amide bonds. The fourth-order valence-corrected chi connectivity index (χ4v) is 4.76. The molecule has 0 unspecified atom stereocenters. The minimum Gasteiger partial charge on any atom is -0.494 e. The van der Waals surface area contributed by atoms with Gasteiger partial charge in [-0.25, -0.2) is 4.99 Å². The summed E-state index contributed by atoms with van der Waals surface area (Å²) in [5, 5.41) is 21.9. The lowest BCUT2D eigenvalue weighted by atomic mass is 10.1. The molecule has 4 heterocycles. The summed E-state index contributed by atoms with van der Waals surface area (Å²) in [5.41, 5.74) is 2.45. The fraction of sp³-hybridized carbons (Fsp3) is 0.150. The molecule has 1 aliphatic heterocycles. The Kier molecular flexibility index (Phi) is 4.30. The van der Waals surface area contributed by atoms with Crippen molar-refractivity contribution >= 4 is 46.2 Å². The molecule has 0 aromatic carbocycles. The third-order valence-electron chi connectivity index (χ3n) is 4.49. The molecule has 0 bridgehead atoms. The standard InChI is InChI=1S/C20H15N3O2S2/c1-3-23-19(24)13(11(2)14(10-21)20(23)25)7-12-8-15-18(27-12)9-16(22-15)17-5-4-6-26-17/h4-9,24H,3H2,1-2H3. The summed E-state index contributed by atoms with van der Waals surface area (Å²) in [5.74, 6) is -0.112. The van der Waals surface area contributed by atoms with Crippen molar-refractivity contribution in [3.8, 4) is 11.9 Å². The van der Waals surface area contributed by atoms with Crippen LogP contribution in [0, 0.1) is 18.3 Å². The van der Waals surface area contributed by atoms with Crippen LogP contribution in [-0.2, 0) is 6.54 Å². The maximum absolute atomic E-state index is 12.3. The van der Waals surface area contributed by atoms with Crippen molar-refractivity contribution in [3.63, 3.8) is 0 Å². The first-order valence-electron chi connectivity index (χ1n) is 8.35. The zero-order valence-electron chi connectivity index (χ0n) is 14.7. The number of thiophene rings is 2. The average molecular weight is 393 g/mol. The normalized spacial score (nSPS) is 13.2. The molecule has 1 N–H and O–H groups in total. The molecule has 1 aliphatic rings. The Morgan fingerprint density at radius 2 is 2.26 bits per heavy atom. The highest BCUT2D eigenvalue weighted by Crippen LogP contribution is 2.23. The molecule has 0 aliphatic carbocycles. The van der Waals surface area contributed by atoms with E-state index < -0.39 is 5.56 Å². The van der Waals surface area contributed by atoms with Gasteiger partial charge in [0.05, 0.1) is 20.8 Å². The monoisotopic (exact) mass is 393 g/mol. The van der Waals surface area contributed by atoms with Gasteiger partial charge in [0.15, 0.2) is 0 Å². The van der Waals surface area contributed by atoms with Crippen LogP contribution in [-0.4, -0.2) is 15.4 Å². The number of hydrogen-bond acceptors (Lipinski definition) is 6. The van der Waals surface area contributed by atoms with Gasteiger partial charge >= 0.3 is 0 Å². The van der Waals surface area contributed by atoms with Crippen molar-refractivity contribution in [1.82, 2.24) is 4.57 Å². The molecular weight excluding hydrogens is 378 g/mol. The van der Waals surface area contributed by atoms with Gasteiger partial charge in [0.1, 0.15) is 11.6 Å². The molecule has 134 valence electrons. The first-order valence-corrected chi connectivity index (χ1v) is 10.1. The van der Waals surface area contributed by atoms with Crippen molar-refractivity contribution < 1.29 is 5.11 Å². The second kappa shape index (κ2) is 6.65. The van der Waals surface area contributed by atoms with Gasteiger partial charge in [-0.15, -0.1) is 22.7 Å². The van der Waals surface area contributed by atoms with Gasteiger partial charge in [0, 0.05) is 16.6 Å². The van der Waals surface area contributed by atoms with Gasteiger partial charge in [0.25, 0.3) is 5.56 Å². The van der Waals surface area contributed by atoms with Gasteiger partial charge in [-0.1, -0.05) is 6.07 Å². The summed E-state index contributed by atoms with van der Waals surface area (Å²) in [6, 6.07) is 7.97. The molecule has 0 fully saturated rings. The zero-order chi connectivity index (χ0) is 19.1. The molecule has 4 rings (SSSR count). The van der Waals surface area contributed by atoms with E-state index in [1.807, 2.05) is 35.7 Å². The molecule has 0 spiro atoms. The number of aromatic hydroxyl groups is 1. The molecule has 0 atom stereocenters. The second-order valence-corrected chi connectivity index (χ2v) is 8.12. The number of aliphatic imine (C=N–C) groups is 1. The van der Waals surface area contributed by atoms with Gasteiger partial charge in [0.2, 0.25) is 5.88 Å². The van der Waals surface area contributed by atoms with Gasteiger partial charge < -0.3 is 5.11 Å². The van der Waals surface area contributed by atoms with E-state index in [-0.39, 0.29) is 11.4 Å². The minimum absolute atomic E-state index is 0.0644. The van der Waals surface area contributed by atoms with E-state index in [4.69, 9.17) is 0 Å². The Balaban J connectivity index is 1.85. The predicted octanol–water partition coefficient (Wildman–Crippen LogP) is 2.62. The summed E-state index contributed by atoms with van der Waals surface area (Å²) in [4.78, 5) is 18.1. The second-order valence-electron chi connectivity index (χ2n) is 6.06. The third kappa shape index (κ3) is 2.83. The molecule has 7 heteroatoms. The Labute approximate surface area is 163 Å². The number of pyridine rings is 1. The maximum atomic E-state index is 12.3. The first-order chi connectivity index (χ1) is 13.0. The molecular formula is C20H15N3O2S2. The Morgan fingerprint density at radius 1 is 1.44 bits per heavy atom. The smallest absolute Gasteiger partial charge is 0.271 e. The molecule has 0 saturated carbocycles. The number of hydrogen-bond donors (Lipinski definition) is 1. The van der Waals surface area contributed by atoms with Gasteiger partial charge in [-0.3, -0.25) is 9.36 Å². The van der Waals surface area contributed by atoms with E-state index in [2.05, 4.69) is 11.1 Å². The number of aromatic nitrogens is 1. The lowest BCUT2D eigenvalue weighted by Crippen LogP contribution is -2.24. The summed E-state index contributed by atoms with van der Waals surface area (Å²) in [6.45, 7) is 3.74. The number of rotatable bonds is 3. The third-order valence-corrected chi connectivity index (χ3v) is 6.40. The SMILES string of the molecule is CCn1c(O)c(C=c2cc3c(s2)=CC(c2cccs2)=N3)c(C)c(C#N)c1=O. The van der Waals surface area contributed by atoms with Crippen molar-refractivity contribution in [1.29, 1.82) is 5.26 Å². The fourth-order valence-electron chi connectivity index (χ4n) is 3.09. The number of fused-ring (bicyclic) bond motifs is 1. The summed E-state index contributed by atoms with van der Waals surface area (Å²) in [7, 11) is 0. The highest BCUT2D eigenvalue weighted by atomic mass is 32.1. The van der Waals surface area contributed by atoms with Crippen LogP contribution < -0.4 is 14.6 Å². The van der Waals surface area contributed by atoms with Gasteiger partial charge in [-0.05, 0) is 49.1 Å². The minimum atomic E-state index is -0.459. The van der Waals surface area contributed by atoms with Crippen molar-refractivity contribution in [2.45, 2.75) is 20.4 Å². The van der Waals surface area contributed by atoms with Crippen molar-refractivity contribution in [2.24, 2.45) is 4.99 Å². The Hall–Kier alpha value is -2.95. The van der Waals surface area contributed by atoms with Crippen LogP contribution in [0.15, 0.2) is 33.4 Å². The topological polar surface area (TPSA) is 78.4 Å². The van der Waals surface area contributed by atoms with Crippen LogP contribution in [0.25, 0.3) is 12.2 Å². The summed E-state index contributed by atoms with van der Waals surface area (Å²) in [6.07, 6.45) is 3.87. The van der Waals surface area contributed by atoms with E-state index in [0.29, 0.717) is 17.7 Å². The maximum Gasteiger partial charge on any atom is 0.271 e. The van der Waals surface area contributed by atoms with E-state index >= 15 is 0 Å². The molecule has 0 radical (unpaired) electrons. The van der Waals surface area contributed by atoms with Crippen LogP contribution in [0.2, 0.25) is 0 Å².